The Hall–Kier alpha value is -2.74. The number of nitro groups is 1. The summed E-state index contributed by atoms with van der Waals surface area (Å²) in [5, 5.41) is 15.5. The highest BCUT2D eigenvalue weighted by Crippen LogP contribution is 2.22. The van der Waals surface area contributed by atoms with Gasteiger partial charge in [0.1, 0.15) is 0 Å². The zero-order valence-corrected chi connectivity index (χ0v) is 14.0. The average Bonchev–Trinajstić information content (AvgIpc) is 3.07. The van der Waals surface area contributed by atoms with Crippen LogP contribution in [0.1, 0.15) is 33.8 Å². The van der Waals surface area contributed by atoms with Gasteiger partial charge in [-0.05, 0) is 31.4 Å². The number of thiophene rings is 1. The van der Waals surface area contributed by atoms with Crippen molar-refractivity contribution in [2.24, 2.45) is 0 Å². The highest BCUT2D eigenvalue weighted by atomic mass is 32.1. The molecule has 1 heterocycles. The van der Waals surface area contributed by atoms with E-state index in [1.807, 2.05) is 24.4 Å². The minimum atomic E-state index is -0.768. The molecule has 2 rings (SSSR count). The maximum atomic E-state index is 12.0. The molecule has 2 aromatic rings. The molecule has 1 atom stereocenters. The Kier molecular flexibility index (Phi) is 5.64. The third kappa shape index (κ3) is 4.17. The molecule has 0 spiro atoms. The van der Waals surface area contributed by atoms with Gasteiger partial charge in [0, 0.05) is 16.5 Å². The summed E-state index contributed by atoms with van der Waals surface area (Å²) in [5.74, 6) is -1.21. The summed E-state index contributed by atoms with van der Waals surface area (Å²) in [6, 6.07) is 7.73. The van der Waals surface area contributed by atoms with Crippen molar-refractivity contribution >= 4 is 28.9 Å². The van der Waals surface area contributed by atoms with E-state index in [2.05, 4.69) is 5.32 Å². The number of nitro benzene ring substituents is 1. The number of amides is 1. The van der Waals surface area contributed by atoms with Crippen LogP contribution in [-0.2, 0) is 9.53 Å². The van der Waals surface area contributed by atoms with Gasteiger partial charge in [0.15, 0.2) is 6.61 Å². The van der Waals surface area contributed by atoms with Crippen molar-refractivity contribution < 1.29 is 19.2 Å². The van der Waals surface area contributed by atoms with E-state index in [1.54, 1.807) is 0 Å². The van der Waals surface area contributed by atoms with Crippen LogP contribution in [-0.4, -0.2) is 23.4 Å². The van der Waals surface area contributed by atoms with Crippen molar-refractivity contribution in [3.05, 3.63) is 61.8 Å². The summed E-state index contributed by atoms with van der Waals surface area (Å²) in [7, 11) is 0. The van der Waals surface area contributed by atoms with Crippen LogP contribution in [0, 0.1) is 17.0 Å². The van der Waals surface area contributed by atoms with Gasteiger partial charge in [0.05, 0.1) is 16.5 Å². The maximum absolute atomic E-state index is 12.0. The number of benzene rings is 1. The molecule has 0 aliphatic rings. The Labute approximate surface area is 142 Å². The van der Waals surface area contributed by atoms with Gasteiger partial charge in [-0.1, -0.05) is 12.1 Å². The van der Waals surface area contributed by atoms with Gasteiger partial charge >= 0.3 is 5.97 Å². The van der Waals surface area contributed by atoms with E-state index >= 15 is 0 Å². The summed E-state index contributed by atoms with van der Waals surface area (Å²) in [6.45, 7) is 2.85. The van der Waals surface area contributed by atoms with Crippen molar-refractivity contribution in [2.45, 2.75) is 19.9 Å². The summed E-state index contributed by atoms with van der Waals surface area (Å²) in [6.07, 6.45) is 0. The molecular weight excluding hydrogens is 332 g/mol. The lowest BCUT2D eigenvalue weighted by atomic mass is 10.1. The van der Waals surface area contributed by atoms with Gasteiger partial charge in [0.25, 0.3) is 11.6 Å². The molecule has 0 saturated carbocycles. The van der Waals surface area contributed by atoms with Crippen LogP contribution in [0.2, 0.25) is 0 Å². The third-order valence-corrected chi connectivity index (χ3v) is 4.46. The lowest BCUT2D eigenvalue weighted by molar-refractivity contribution is -0.385. The number of nitrogens with one attached hydrogen (secondary N) is 1. The van der Waals surface area contributed by atoms with Crippen molar-refractivity contribution in [1.82, 2.24) is 5.32 Å². The molecule has 0 radical (unpaired) electrons. The molecule has 0 aliphatic heterocycles. The lowest BCUT2D eigenvalue weighted by Gasteiger charge is -2.12. The second-order valence-corrected chi connectivity index (χ2v) is 6.07. The van der Waals surface area contributed by atoms with Gasteiger partial charge in [-0.25, -0.2) is 4.79 Å². The molecule has 8 heteroatoms. The first-order chi connectivity index (χ1) is 11.4. The molecule has 0 fully saturated rings. The largest absolute Gasteiger partial charge is 0.452 e. The Morgan fingerprint density at radius 2 is 2.08 bits per heavy atom. The Morgan fingerprint density at radius 3 is 2.71 bits per heavy atom. The molecule has 1 N–H and O–H groups in total. The smallest absolute Gasteiger partial charge is 0.339 e. The molecule has 1 aromatic carbocycles. The number of carbonyl (C=O) groups is 2. The summed E-state index contributed by atoms with van der Waals surface area (Å²) < 4.78 is 4.95. The fraction of sp³-hybridized carbons (Fsp3) is 0.250. The van der Waals surface area contributed by atoms with E-state index in [0.717, 1.165) is 4.88 Å². The molecule has 1 amide bonds. The predicted molar refractivity (Wildman–Crippen MR) is 89.0 cm³/mol. The minimum Gasteiger partial charge on any atom is -0.452 e. The van der Waals surface area contributed by atoms with E-state index in [0.29, 0.717) is 0 Å². The fourth-order valence-corrected chi connectivity index (χ4v) is 2.88. The average molecular weight is 348 g/mol. The van der Waals surface area contributed by atoms with Crippen molar-refractivity contribution in [3.63, 3.8) is 0 Å². The Bertz CT molecular complexity index is 758. The minimum absolute atomic E-state index is 0.0725. The topological polar surface area (TPSA) is 98.5 Å². The van der Waals surface area contributed by atoms with Gasteiger partial charge in [0.2, 0.25) is 0 Å². The van der Waals surface area contributed by atoms with Crippen LogP contribution in [0.4, 0.5) is 5.69 Å². The first kappa shape index (κ1) is 17.6. The van der Waals surface area contributed by atoms with Crippen LogP contribution in [0.25, 0.3) is 0 Å². The van der Waals surface area contributed by atoms with E-state index in [-0.39, 0.29) is 22.9 Å². The van der Waals surface area contributed by atoms with E-state index in [4.69, 9.17) is 4.74 Å². The number of rotatable bonds is 6. The third-order valence-electron chi connectivity index (χ3n) is 3.40. The SMILES string of the molecule is Cc1c(C(=O)OCC(=O)N[C@@H](C)c2cccs2)cccc1[N+](=O)[O-]. The van der Waals surface area contributed by atoms with Crippen molar-refractivity contribution in [1.29, 1.82) is 0 Å². The van der Waals surface area contributed by atoms with Crippen molar-refractivity contribution in [3.8, 4) is 0 Å². The molecule has 0 unspecified atom stereocenters. The lowest BCUT2D eigenvalue weighted by Crippen LogP contribution is -2.30. The molecule has 1 aromatic heterocycles. The number of carbonyl (C=O) groups excluding carboxylic acids is 2. The number of nitrogens with zero attached hydrogens (tertiary/aromatic N) is 1. The van der Waals surface area contributed by atoms with Gasteiger partial charge in [-0.2, -0.15) is 0 Å². The quantitative estimate of drug-likeness (QED) is 0.491. The monoisotopic (exact) mass is 348 g/mol. The number of esters is 1. The molecular formula is C16H16N2O5S. The fourth-order valence-electron chi connectivity index (χ4n) is 2.14. The maximum Gasteiger partial charge on any atom is 0.339 e. The van der Waals surface area contributed by atoms with Crippen LogP contribution < -0.4 is 5.32 Å². The van der Waals surface area contributed by atoms with E-state index in [9.17, 15) is 19.7 Å². The van der Waals surface area contributed by atoms with Crippen molar-refractivity contribution in [2.75, 3.05) is 6.61 Å². The molecule has 24 heavy (non-hydrogen) atoms. The normalized spacial score (nSPS) is 11.6. The second-order valence-electron chi connectivity index (χ2n) is 5.09. The number of hydrogen-bond acceptors (Lipinski definition) is 6. The highest BCUT2D eigenvalue weighted by Gasteiger charge is 2.20. The molecule has 7 nitrogen and oxygen atoms in total. The molecule has 0 saturated heterocycles. The highest BCUT2D eigenvalue weighted by molar-refractivity contribution is 7.10. The second kappa shape index (κ2) is 7.69. The molecule has 0 aliphatic carbocycles. The van der Waals surface area contributed by atoms with Crippen LogP contribution in [0.3, 0.4) is 0 Å². The van der Waals surface area contributed by atoms with Gasteiger partial charge < -0.3 is 10.1 Å². The van der Waals surface area contributed by atoms with Gasteiger partial charge in [-0.15, -0.1) is 11.3 Å². The number of ether oxygens (including phenoxy) is 1. The number of hydrogen-bond donors (Lipinski definition) is 1. The summed E-state index contributed by atoms with van der Waals surface area (Å²) in [5.41, 5.74) is 0.114. The first-order valence-electron chi connectivity index (χ1n) is 7.14. The summed E-state index contributed by atoms with van der Waals surface area (Å²) in [4.78, 5) is 35.2. The Balaban J connectivity index is 1.95. The predicted octanol–water partition coefficient (Wildman–Crippen LogP) is 3.00. The Morgan fingerprint density at radius 1 is 1.33 bits per heavy atom. The van der Waals surface area contributed by atoms with Gasteiger partial charge in [-0.3, -0.25) is 14.9 Å². The first-order valence-corrected chi connectivity index (χ1v) is 8.02. The van der Waals surface area contributed by atoms with E-state index in [1.165, 1.54) is 36.5 Å². The zero-order valence-electron chi connectivity index (χ0n) is 13.1. The van der Waals surface area contributed by atoms with Crippen LogP contribution in [0.15, 0.2) is 35.7 Å². The van der Waals surface area contributed by atoms with E-state index < -0.39 is 23.4 Å². The summed E-state index contributed by atoms with van der Waals surface area (Å²) >= 11 is 1.51. The van der Waals surface area contributed by atoms with Crippen LogP contribution >= 0.6 is 11.3 Å². The van der Waals surface area contributed by atoms with Crippen LogP contribution in [0.5, 0.6) is 0 Å². The zero-order chi connectivity index (χ0) is 17.7. The standard InChI is InChI=1S/C16H16N2O5S/c1-10-12(5-3-6-13(10)18(21)22)16(20)23-9-15(19)17-11(2)14-7-4-8-24-14/h3-8,11H,9H2,1-2H3,(H,17,19)/t11-/m0/s1. The molecule has 0 bridgehead atoms. The molecule has 126 valence electrons.